The Bertz CT molecular complexity index is 817. The fourth-order valence-electron chi connectivity index (χ4n) is 4.33. The molecule has 2 aromatic carbocycles. The smallest absolute Gasteiger partial charge is 0.0718 e. The van der Waals surface area contributed by atoms with E-state index in [4.69, 9.17) is 0 Å². The molecule has 0 saturated carbocycles. The first kappa shape index (κ1) is 27.9. The molecule has 32 heavy (non-hydrogen) atoms. The van der Waals surface area contributed by atoms with Gasteiger partial charge >= 0.3 is 0 Å². The first-order valence-corrected chi connectivity index (χ1v) is 12.0. The van der Waals surface area contributed by atoms with Gasteiger partial charge in [-0.1, -0.05) is 88.6 Å². The van der Waals surface area contributed by atoms with E-state index in [2.05, 4.69) is 6.92 Å². The molecular formula is C28H43NO3. The van der Waals surface area contributed by atoms with E-state index in [1.165, 1.54) is 38.5 Å². The molecule has 0 amide bonds. The number of quaternary nitrogens is 1. The largest absolute Gasteiger partial charge is 0.545 e. The summed E-state index contributed by atoms with van der Waals surface area (Å²) in [5.41, 5.74) is 5.12. The number of aliphatic hydroxyl groups is 1. The van der Waals surface area contributed by atoms with E-state index in [0.29, 0.717) is 12.8 Å². The van der Waals surface area contributed by atoms with Gasteiger partial charge < -0.3 is 21.2 Å². The first-order chi connectivity index (χ1) is 14.9. The van der Waals surface area contributed by atoms with Crippen molar-refractivity contribution in [1.29, 1.82) is 0 Å². The van der Waals surface area contributed by atoms with E-state index < -0.39 is 12.1 Å². The molecule has 0 spiro atoms. The fourth-order valence-corrected chi connectivity index (χ4v) is 4.33. The van der Waals surface area contributed by atoms with Crippen LogP contribution < -0.4 is 11.3 Å². The van der Waals surface area contributed by atoms with E-state index in [0.717, 1.165) is 47.1 Å². The quantitative estimate of drug-likeness (QED) is 0.348. The monoisotopic (exact) mass is 441 g/mol. The lowest BCUT2D eigenvalue weighted by Crippen LogP contribution is -2.25. The van der Waals surface area contributed by atoms with Crippen LogP contribution in [0.2, 0.25) is 0 Å². The summed E-state index contributed by atoms with van der Waals surface area (Å²) in [5, 5.41) is 22.4. The number of carbonyl (C=O) groups is 1. The summed E-state index contributed by atoms with van der Waals surface area (Å²) in [4.78, 5) is 11.9. The molecule has 178 valence electrons. The van der Waals surface area contributed by atoms with Gasteiger partial charge in [0.15, 0.2) is 0 Å². The zero-order valence-electron chi connectivity index (χ0n) is 20.6. The standard InChI is InChI=1S/C28H40O3.H3N/c1-4-5-6-7-8-9-10-14-17-25(29)19-24-20-27(28(30)31)26(22(3)21(24)2)18-23-15-12-11-13-16-23;/h11-13,15-16,20,25,29H,4-10,14,17-19H2,1-3H3,(H,30,31);1H3. The molecule has 1 atom stereocenters. The number of carbonyl (C=O) groups excluding carboxylic acids is 1. The molecule has 0 aliphatic rings. The molecule has 5 N–H and O–H groups in total. The van der Waals surface area contributed by atoms with Crippen LogP contribution in [0.15, 0.2) is 36.4 Å². The highest BCUT2D eigenvalue weighted by Crippen LogP contribution is 2.26. The number of hydrogen-bond donors (Lipinski definition) is 2. The van der Waals surface area contributed by atoms with Gasteiger partial charge in [0.25, 0.3) is 0 Å². The van der Waals surface area contributed by atoms with E-state index in [-0.39, 0.29) is 11.7 Å². The van der Waals surface area contributed by atoms with Gasteiger partial charge in [-0.15, -0.1) is 0 Å². The lowest BCUT2D eigenvalue weighted by atomic mass is 9.87. The molecule has 0 fully saturated rings. The number of hydrogen-bond acceptors (Lipinski definition) is 3. The lowest BCUT2D eigenvalue weighted by molar-refractivity contribution is -0.255. The Balaban J connectivity index is 0.00000512. The van der Waals surface area contributed by atoms with Gasteiger partial charge in [-0.2, -0.15) is 0 Å². The third-order valence-corrected chi connectivity index (χ3v) is 6.43. The second kappa shape index (κ2) is 14.8. The summed E-state index contributed by atoms with van der Waals surface area (Å²) in [6.45, 7) is 6.24. The summed E-state index contributed by atoms with van der Waals surface area (Å²) in [5.74, 6) is -1.15. The van der Waals surface area contributed by atoms with E-state index >= 15 is 0 Å². The Morgan fingerprint density at radius 2 is 1.53 bits per heavy atom. The Hall–Kier alpha value is -2.17. The number of benzene rings is 2. The van der Waals surface area contributed by atoms with Crippen LogP contribution in [0.3, 0.4) is 0 Å². The minimum Gasteiger partial charge on any atom is -0.545 e. The minimum absolute atomic E-state index is 0. The molecular weight excluding hydrogens is 398 g/mol. The van der Waals surface area contributed by atoms with Crippen LogP contribution in [0.25, 0.3) is 0 Å². The van der Waals surface area contributed by atoms with Gasteiger partial charge in [-0.3, -0.25) is 0 Å². The van der Waals surface area contributed by atoms with Crippen molar-refractivity contribution in [2.45, 2.75) is 97.5 Å². The van der Waals surface area contributed by atoms with Crippen molar-refractivity contribution in [2.75, 3.05) is 0 Å². The molecule has 2 aromatic rings. The van der Waals surface area contributed by atoms with Gasteiger partial charge in [0.05, 0.1) is 12.1 Å². The molecule has 2 rings (SSSR count). The highest BCUT2D eigenvalue weighted by Gasteiger charge is 2.16. The predicted molar refractivity (Wildman–Crippen MR) is 132 cm³/mol. The SMILES string of the molecule is CCCCCCCCCCC(O)Cc1cc(C(=O)[O-])c(Cc2ccccc2)c(C)c1C.[NH4+]. The maximum Gasteiger partial charge on any atom is 0.0718 e. The second-order valence-electron chi connectivity index (χ2n) is 8.88. The van der Waals surface area contributed by atoms with Gasteiger partial charge in [0, 0.05) is 5.56 Å². The molecule has 0 bridgehead atoms. The van der Waals surface area contributed by atoms with Crippen LogP contribution in [-0.2, 0) is 12.8 Å². The van der Waals surface area contributed by atoms with Crippen molar-refractivity contribution in [3.63, 3.8) is 0 Å². The first-order valence-electron chi connectivity index (χ1n) is 12.0. The number of unbranched alkanes of at least 4 members (excludes halogenated alkanes) is 7. The van der Waals surface area contributed by atoms with Crippen LogP contribution in [0, 0.1) is 13.8 Å². The van der Waals surface area contributed by atoms with Crippen molar-refractivity contribution in [2.24, 2.45) is 0 Å². The zero-order valence-corrected chi connectivity index (χ0v) is 20.6. The zero-order chi connectivity index (χ0) is 22.6. The Kier molecular flexibility index (Phi) is 12.9. The van der Waals surface area contributed by atoms with Crippen molar-refractivity contribution >= 4 is 5.97 Å². The third-order valence-electron chi connectivity index (χ3n) is 6.43. The number of aromatic carboxylic acids is 1. The molecule has 0 aliphatic carbocycles. The van der Waals surface area contributed by atoms with Crippen molar-refractivity contribution in [3.05, 3.63) is 69.8 Å². The molecule has 0 aliphatic heterocycles. The topological polar surface area (TPSA) is 96.9 Å². The number of carboxylic acid groups (broad SMARTS) is 1. The summed E-state index contributed by atoms with van der Waals surface area (Å²) < 4.78 is 0. The van der Waals surface area contributed by atoms with Crippen molar-refractivity contribution in [3.8, 4) is 0 Å². The van der Waals surface area contributed by atoms with Crippen molar-refractivity contribution < 1.29 is 15.0 Å². The highest BCUT2D eigenvalue weighted by molar-refractivity contribution is 5.89. The number of aliphatic hydroxyl groups excluding tert-OH is 1. The average Bonchev–Trinajstić information content (AvgIpc) is 2.75. The predicted octanol–water partition coefficient (Wildman–Crippen LogP) is 6.07. The van der Waals surface area contributed by atoms with Crippen molar-refractivity contribution in [1.82, 2.24) is 6.15 Å². The molecule has 0 saturated heterocycles. The van der Waals surface area contributed by atoms with Crippen LogP contribution in [-0.4, -0.2) is 17.2 Å². The lowest BCUT2D eigenvalue weighted by Gasteiger charge is -2.21. The molecule has 1 unspecified atom stereocenters. The number of rotatable bonds is 14. The summed E-state index contributed by atoms with van der Waals surface area (Å²) in [6.07, 6.45) is 11.3. The summed E-state index contributed by atoms with van der Waals surface area (Å²) >= 11 is 0. The fraction of sp³-hybridized carbons (Fsp3) is 0.536. The van der Waals surface area contributed by atoms with Gasteiger partial charge in [-0.25, -0.2) is 0 Å². The maximum absolute atomic E-state index is 11.9. The minimum atomic E-state index is -1.15. The van der Waals surface area contributed by atoms with Gasteiger partial charge in [0.2, 0.25) is 0 Å². The highest BCUT2D eigenvalue weighted by atomic mass is 16.4. The molecule has 0 heterocycles. The van der Waals surface area contributed by atoms with E-state index in [9.17, 15) is 15.0 Å². The second-order valence-corrected chi connectivity index (χ2v) is 8.88. The van der Waals surface area contributed by atoms with Crippen LogP contribution in [0.1, 0.15) is 103 Å². The molecule has 4 heteroatoms. The van der Waals surface area contributed by atoms with Crippen LogP contribution in [0.4, 0.5) is 0 Å². The summed E-state index contributed by atoms with van der Waals surface area (Å²) in [7, 11) is 0. The molecule has 4 nitrogen and oxygen atoms in total. The van der Waals surface area contributed by atoms with Crippen LogP contribution in [0.5, 0.6) is 0 Å². The number of carboxylic acids is 1. The van der Waals surface area contributed by atoms with Gasteiger partial charge in [-0.05, 0) is 67.0 Å². The summed E-state index contributed by atoms with van der Waals surface area (Å²) in [6, 6.07) is 11.6. The van der Waals surface area contributed by atoms with E-state index in [1.807, 2.05) is 44.2 Å². The molecule has 0 radical (unpaired) electrons. The average molecular weight is 442 g/mol. The third kappa shape index (κ3) is 8.76. The van der Waals surface area contributed by atoms with Crippen LogP contribution >= 0.6 is 0 Å². The Labute approximate surface area is 194 Å². The normalized spacial score (nSPS) is 11.8. The Morgan fingerprint density at radius 1 is 0.938 bits per heavy atom. The Morgan fingerprint density at radius 3 is 2.12 bits per heavy atom. The maximum atomic E-state index is 11.9. The van der Waals surface area contributed by atoms with E-state index in [1.54, 1.807) is 6.07 Å². The van der Waals surface area contributed by atoms with Gasteiger partial charge in [0.1, 0.15) is 0 Å². The molecule has 0 aromatic heterocycles.